The molecule has 1 N–H and O–H groups in total. The summed E-state index contributed by atoms with van der Waals surface area (Å²) in [5.41, 5.74) is 4.64. The van der Waals surface area contributed by atoms with Crippen molar-refractivity contribution in [3.8, 4) is 0 Å². The summed E-state index contributed by atoms with van der Waals surface area (Å²) in [5, 5.41) is 0.949. The van der Waals surface area contributed by atoms with Crippen molar-refractivity contribution < 1.29 is 0 Å². The van der Waals surface area contributed by atoms with Crippen molar-refractivity contribution in [3.63, 3.8) is 0 Å². The average Bonchev–Trinajstić information content (AvgIpc) is 3.19. The molecular weight excluding hydrogens is 394 g/mol. The summed E-state index contributed by atoms with van der Waals surface area (Å²) in [4.78, 5) is 13.8. The lowest BCUT2D eigenvalue weighted by Crippen LogP contribution is -1.89. The zero-order chi connectivity index (χ0) is 19.7. The van der Waals surface area contributed by atoms with Crippen LogP contribution >= 0.6 is 23.5 Å². The number of hydrogen-bond acceptors (Lipinski definition) is 4. The molecule has 0 spiro atoms. The Morgan fingerprint density at radius 2 is 1.69 bits per heavy atom. The molecule has 3 nitrogen and oxygen atoms in total. The largest absolute Gasteiger partial charge is 0.333 e. The lowest BCUT2D eigenvalue weighted by Gasteiger charge is -2.05. The number of rotatable bonds is 10. The normalized spacial score (nSPS) is 11.2. The lowest BCUT2D eigenvalue weighted by atomic mass is 10.1. The Hall–Kier alpha value is -2.24. The fourth-order valence-electron chi connectivity index (χ4n) is 3.21. The van der Waals surface area contributed by atoms with E-state index >= 15 is 0 Å². The number of imidazole rings is 1. The maximum atomic E-state index is 4.62. The highest BCUT2D eigenvalue weighted by Crippen LogP contribution is 2.25. The van der Waals surface area contributed by atoms with E-state index in [2.05, 4.69) is 63.5 Å². The summed E-state index contributed by atoms with van der Waals surface area (Å²) < 4.78 is 0. The summed E-state index contributed by atoms with van der Waals surface area (Å²) >= 11 is 3.64. The zero-order valence-corrected chi connectivity index (χ0v) is 18.0. The topological polar surface area (TPSA) is 41.6 Å². The van der Waals surface area contributed by atoms with E-state index in [1.165, 1.54) is 36.1 Å². The molecule has 2 heterocycles. The van der Waals surface area contributed by atoms with Crippen molar-refractivity contribution >= 4 is 34.6 Å². The zero-order valence-electron chi connectivity index (χ0n) is 16.4. The summed E-state index contributed by atoms with van der Waals surface area (Å²) in [6.07, 6.45) is 6.90. The van der Waals surface area contributed by atoms with Gasteiger partial charge in [-0.2, -0.15) is 0 Å². The number of hydrogen-bond donors (Lipinski definition) is 1. The van der Waals surface area contributed by atoms with Crippen LogP contribution in [0.2, 0.25) is 0 Å². The van der Waals surface area contributed by atoms with E-state index in [-0.39, 0.29) is 0 Å². The van der Waals surface area contributed by atoms with Gasteiger partial charge in [-0.25, -0.2) is 4.98 Å². The van der Waals surface area contributed by atoms with Gasteiger partial charge in [0.15, 0.2) is 5.16 Å². The van der Waals surface area contributed by atoms with Gasteiger partial charge in [0.2, 0.25) is 0 Å². The molecule has 0 aliphatic heterocycles. The maximum Gasteiger partial charge on any atom is 0.166 e. The van der Waals surface area contributed by atoms with Crippen LogP contribution in [-0.4, -0.2) is 20.7 Å². The Morgan fingerprint density at radius 3 is 2.59 bits per heavy atom. The number of nitrogens with one attached hydrogen (secondary N) is 1. The SMILES string of the molecule is c1ccc(CCCCCSc2ccnc(CSc3nc4ccccc4[nH]3)c2)cc1. The minimum atomic E-state index is 0.825. The van der Waals surface area contributed by atoms with Gasteiger partial charge in [-0.3, -0.25) is 4.98 Å². The number of thioether (sulfide) groups is 2. The van der Waals surface area contributed by atoms with Gasteiger partial charge in [-0.05, 0) is 54.8 Å². The van der Waals surface area contributed by atoms with Crippen LogP contribution < -0.4 is 0 Å². The Bertz CT molecular complexity index is 997. The third-order valence-electron chi connectivity index (χ3n) is 4.73. The first-order valence-electron chi connectivity index (χ1n) is 10.1. The van der Waals surface area contributed by atoms with E-state index in [9.17, 15) is 0 Å². The number of benzene rings is 2. The molecular formula is C24H25N3S2. The Morgan fingerprint density at radius 1 is 0.828 bits per heavy atom. The number of fused-ring (bicyclic) bond motifs is 1. The fraction of sp³-hybridized carbons (Fsp3) is 0.250. The van der Waals surface area contributed by atoms with Crippen LogP contribution in [0.1, 0.15) is 30.5 Å². The highest BCUT2D eigenvalue weighted by molar-refractivity contribution is 7.99. The standard InChI is InChI=1S/C24H25N3S2/c1-3-9-19(10-4-1)11-5-2-8-16-28-21-14-15-25-20(17-21)18-29-24-26-22-12-6-7-13-23(22)27-24/h1,3-4,6-7,9-10,12-15,17H,2,5,8,11,16,18H2,(H,26,27). The van der Waals surface area contributed by atoms with Crippen LogP contribution in [0.3, 0.4) is 0 Å². The van der Waals surface area contributed by atoms with E-state index in [1.54, 1.807) is 11.8 Å². The van der Waals surface area contributed by atoms with E-state index in [0.717, 1.165) is 33.4 Å². The predicted octanol–water partition coefficient (Wildman–Crippen LogP) is 6.76. The molecule has 0 bridgehead atoms. The fourth-order valence-corrected chi connectivity index (χ4v) is 4.96. The van der Waals surface area contributed by atoms with Crippen LogP contribution in [0.15, 0.2) is 83.0 Å². The van der Waals surface area contributed by atoms with Gasteiger partial charge in [0.05, 0.1) is 16.7 Å². The summed E-state index contributed by atoms with van der Waals surface area (Å²) in [7, 11) is 0. The van der Waals surface area contributed by atoms with Gasteiger partial charge >= 0.3 is 0 Å². The molecule has 0 radical (unpaired) electrons. The van der Waals surface area contributed by atoms with Crippen LogP contribution in [0, 0.1) is 0 Å². The smallest absolute Gasteiger partial charge is 0.166 e. The quantitative estimate of drug-likeness (QED) is 0.228. The van der Waals surface area contributed by atoms with Gasteiger partial charge in [-0.1, -0.05) is 60.6 Å². The molecule has 2 aromatic heterocycles. The highest BCUT2D eigenvalue weighted by Gasteiger charge is 2.05. The molecule has 0 amide bonds. The monoisotopic (exact) mass is 419 g/mol. The third-order valence-corrected chi connectivity index (χ3v) is 6.72. The van der Waals surface area contributed by atoms with E-state index in [4.69, 9.17) is 0 Å². The molecule has 0 atom stereocenters. The number of pyridine rings is 1. The molecule has 0 aliphatic rings. The molecule has 0 fully saturated rings. The Labute approximate surface area is 180 Å². The van der Waals surface area contributed by atoms with Crippen molar-refractivity contribution in [2.45, 2.75) is 41.5 Å². The number of unbranched alkanes of at least 4 members (excludes halogenated alkanes) is 2. The van der Waals surface area contributed by atoms with Gasteiger partial charge in [-0.15, -0.1) is 11.8 Å². The first-order valence-corrected chi connectivity index (χ1v) is 12.0. The van der Waals surface area contributed by atoms with Crippen LogP contribution in [0.5, 0.6) is 0 Å². The van der Waals surface area contributed by atoms with Crippen LogP contribution in [0.25, 0.3) is 11.0 Å². The van der Waals surface area contributed by atoms with Crippen LogP contribution in [-0.2, 0) is 12.2 Å². The van der Waals surface area contributed by atoms with Gasteiger partial charge in [0.25, 0.3) is 0 Å². The number of aromatic nitrogens is 3. The van der Waals surface area contributed by atoms with Crippen molar-refractivity contribution in [2.75, 3.05) is 5.75 Å². The second-order valence-corrected chi connectivity index (χ2v) is 9.11. The molecule has 29 heavy (non-hydrogen) atoms. The Balaban J connectivity index is 1.19. The van der Waals surface area contributed by atoms with Crippen molar-refractivity contribution in [1.29, 1.82) is 0 Å². The molecule has 0 saturated carbocycles. The second-order valence-electron chi connectivity index (χ2n) is 6.98. The van der Waals surface area contributed by atoms with E-state index in [0.29, 0.717) is 0 Å². The molecule has 2 aromatic carbocycles. The van der Waals surface area contributed by atoms with Gasteiger partial charge in [0.1, 0.15) is 0 Å². The molecule has 0 saturated heterocycles. The second kappa shape index (κ2) is 10.5. The van der Waals surface area contributed by atoms with Crippen LogP contribution in [0.4, 0.5) is 0 Å². The molecule has 0 aliphatic carbocycles. The minimum Gasteiger partial charge on any atom is -0.333 e. The number of para-hydroxylation sites is 2. The maximum absolute atomic E-state index is 4.62. The first-order chi connectivity index (χ1) is 14.4. The highest BCUT2D eigenvalue weighted by atomic mass is 32.2. The van der Waals surface area contributed by atoms with E-state index < -0.39 is 0 Å². The van der Waals surface area contributed by atoms with E-state index in [1.807, 2.05) is 36.2 Å². The predicted molar refractivity (Wildman–Crippen MR) is 125 cm³/mol. The molecule has 5 heteroatoms. The third kappa shape index (κ3) is 6.12. The summed E-state index contributed by atoms with van der Waals surface area (Å²) in [6.45, 7) is 0. The first kappa shape index (κ1) is 20.0. The van der Waals surface area contributed by atoms with Crippen molar-refractivity contribution in [1.82, 2.24) is 15.0 Å². The average molecular weight is 420 g/mol. The Kier molecular flexibility index (Phi) is 7.27. The number of aromatic amines is 1. The number of nitrogens with zero attached hydrogens (tertiary/aromatic N) is 2. The lowest BCUT2D eigenvalue weighted by molar-refractivity contribution is 0.722. The molecule has 4 aromatic rings. The molecule has 4 rings (SSSR count). The number of H-pyrrole nitrogens is 1. The minimum absolute atomic E-state index is 0.825. The van der Waals surface area contributed by atoms with Crippen molar-refractivity contribution in [3.05, 3.63) is 84.2 Å². The van der Waals surface area contributed by atoms with Crippen molar-refractivity contribution in [2.24, 2.45) is 0 Å². The van der Waals surface area contributed by atoms with Gasteiger partial charge in [0, 0.05) is 16.8 Å². The summed E-state index contributed by atoms with van der Waals surface area (Å²) in [5.74, 6) is 1.99. The van der Waals surface area contributed by atoms with Gasteiger partial charge < -0.3 is 4.98 Å². The molecule has 0 unspecified atom stereocenters. The summed E-state index contributed by atoms with van der Waals surface area (Å²) in [6, 6.07) is 23.2. The molecule has 148 valence electrons. The number of aryl methyl sites for hydroxylation is 1.